The standard InChI is InChI=1S/C17H24N6O/c1-22-15-5-2-4-14(13(15)12-20-22)21-16(24)17(6-9-18-10-7-17)23-11-3-8-19-23/h3,8,11-12,14,18H,2,4-7,9-10H2,1H3,(H,21,24). The van der Waals surface area contributed by atoms with Gasteiger partial charge in [0.05, 0.1) is 12.2 Å². The maximum Gasteiger partial charge on any atom is 0.248 e. The summed E-state index contributed by atoms with van der Waals surface area (Å²) in [5.74, 6) is 0.0782. The van der Waals surface area contributed by atoms with E-state index in [0.29, 0.717) is 0 Å². The molecule has 3 heterocycles. The van der Waals surface area contributed by atoms with E-state index in [-0.39, 0.29) is 11.9 Å². The first-order valence-corrected chi connectivity index (χ1v) is 8.73. The van der Waals surface area contributed by atoms with Crippen molar-refractivity contribution in [3.8, 4) is 0 Å². The van der Waals surface area contributed by atoms with Crippen molar-refractivity contribution in [2.45, 2.75) is 43.7 Å². The highest BCUT2D eigenvalue weighted by atomic mass is 16.2. The Morgan fingerprint density at radius 3 is 2.96 bits per heavy atom. The van der Waals surface area contributed by atoms with Crippen molar-refractivity contribution in [2.75, 3.05) is 13.1 Å². The minimum absolute atomic E-state index is 0.0530. The molecule has 128 valence electrons. The second kappa shape index (κ2) is 6.05. The first-order chi connectivity index (χ1) is 11.7. The van der Waals surface area contributed by atoms with Gasteiger partial charge in [0, 0.05) is 30.7 Å². The molecule has 24 heavy (non-hydrogen) atoms. The molecule has 0 saturated carbocycles. The van der Waals surface area contributed by atoms with Crippen molar-refractivity contribution in [1.29, 1.82) is 0 Å². The van der Waals surface area contributed by atoms with Crippen LogP contribution in [0.1, 0.15) is 43.0 Å². The van der Waals surface area contributed by atoms with Gasteiger partial charge in [-0.25, -0.2) is 0 Å². The summed E-state index contributed by atoms with van der Waals surface area (Å²) < 4.78 is 3.78. The Hall–Kier alpha value is -2.15. The molecule has 7 nitrogen and oxygen atoms in total. The van der Waals surface area contributed by atoms with Crippen molar-refractivity contribution < 1.29 is 4.79 Å². The quantitative estimate of drug-likeness (QED) is 0.877. The Balaban J connectivity index is 1.61. The van der Waals surface area contributed by atoms with Gasteiger partial charge in [0.1, 0.15) is 5.54 Å². The van der Waals surface area contributed by atoms with Gasteiger partial charge in [0.15, 0.2) is 0 Å². The summed E-state index contributed by atoms with van der Waals surface area (Å²) in [4.78, 5) is 13.3. The summed E-state index contributed by atoms with van der Waals surface area (Å²) in [6.45, 7) is 1.66. The van der Waals surface area contributed by atoms with Crippen LogP contribution in [-0.2, 0) is 23.8 Å². The molecule has 0 spiro atoms. The third-order valence-electron chi connectivity index (χ3n) is 5.48. The van der Waals surface area contributed by atoms with Crippen LogP contribution in [0, 0.1) is 0 Å². The van der Waals surface area contributed by atoms with Crippen LogP contribution in [0.15, 0.2) is 24.7 Å². The van der Waals surface area contributed by atoms with Crippen LogP contribution in [-0.4, -0.2) is 38.6 Å². The molecule has 2 aromatic rings. The fourth-order valence-corrected chi connectivity index (χ4v) is 4.07. The van der Waals surface area contributed by atoms with Gasteiger partial charge in [-0.05, 0) is 51.3 Å². The number of amides is 1. The van der Waals surface area contributed by atoms with E-state index in [1.807, 2.05) is 34.9 Å². The zero-order chi connectivity index (χ0) is 16.6. The Morgan fingerprint density at radius 1 is 1.38 bits per heavy atom. The molecule has 1 fully saturated rings. The van der Waals surface area contributed by atoms with Crippen LogP contribution in [0.5, 0.6) is 0 Å². The summed E-state index contributed by atoms with van der Waals surface area (Å²) in [5, 5.41) is 15.4. The summed E-state index contributed by atoms with van der Waals surface area (Å²) in [6, 6.07) is 1.94. The maximum absolute atomic E-state index is 13.3. The summed E-state index contributed by atoms with van der Waals surface area (Å²) >= 11 is 0. The average Bonchev–Trinajstić information content (AvgIpc) is 3.27. The SMILES string of the molecule is Cn1ncc2c1CCCC2NC(=O)C1(n2cccn2)CCNCC1. The second-order valence-electron chi connectivity index (χ2n) is 6.82. The maximum atomic E-state index is 13.3. The Kier molecular flexibility index (Phi) is 3.88. The molecular formula is C17H24N6O. The fraction of sp³-hybridized carbons (Fsp3) is 0.588. The average molecular weight is 328 g/mol. The number of nitrogens with one attached hydrogen (secondary N) is 2. The van der Waals surface area contributed by atoms with E-state index in [4.69, 9.17) is 0 Å². The van der Waals surface area contributed by atoms with Crippen molar-refractivity contribution >= 4 is 5.91 Å². The molecule has 1 aliphatic carbocycles. The number of hydrogen-bond donors (Lipinski definition) is 2. The van der Waals surface area contributed by atoms with E-state index < -0.39 is 5.54 Å². The minimum Gasteiger partial charge on any atom is -0.347 e. The van der Waals surface area contributed by atoms with Crippen LogP contribution >= 0.6 is 0 Å². The van der Waals surface area contributed by atoms with E-state index in [2.05, 4.69) is 20.8 Å². The molecule has 7 heteroatoms. The van der Waals surface area contributed by atoms with Gasteiger partial charge in [-0.1, -0.05) is 0 Å². The number of piperidine rings is 1. The Labute approximate surface area is 141 Å². The molecule has 2 aliphatic rings. The molecule has 1 saturated heterocycles. The Morgan fingerprint density at radius 2 is 2.21 bits per heavy atom. The number of aromatic nitrogens is 4. The molecule has 0 aromatic carbocycles. The highest BCUT2D eigenvalue weighted by Gasteiger charge is 2.43. The van der Waals surface area contributed by atoms with Crippen molar-refractivity contribution in [3.63, 3.8) is 0 Å². The minimum atomic E-state index is -0.589. The summed E-state index contributed by atoms with van der Waals surface area (Å²) in [5.41, 5.74) is 1.82. The zero-order valence-electron chi connectivity index (χ0n) is 14.0. The summed E-state index contributed by atoms with van der Waals surface area (Å²) in [7, 11) is 1.97. The molecule has 0 bridgehead atoms. The number of fused-ring (bicyclic) bond motifs is 1. The molecule has 1 atom stereocenters. The number of carbonyl (C=O) groups is 1. The number of aryl methyl sites for hydroxylation is 1. The lowest BCUT2D eigenvalue weighted by Gasteiger charge is -2.38. The zero-order valence-corrected chi connectivity index (χ0v) is 14.0. The lowest BCUT2D eigenvalue weighted by Crippen LogP contribution is -2.55. The number of rotatable bonds is 3. The van der Waals surface area contributed by atoms with Crippen LogP contribution in [0.2, 0.25) is 0 Å². The molecule has 1 unspecified atom stereocenters. The fourth-order valence-electron chi connectivity index (χ4n) is 4.07. The van der Waals surface area contributed by atoms with E-state index in [9.17, 15) is 4.79 Å². The van der Waals surface area contributed by atoms with Crippen molar-refractivity contribution in [3.05, 3.63) is 35.9 Å². The van der Waals surface area contributed by atoms with Gasteiger partial charge in [-0.3, -0.25) is 14.2 Å². The Bertz CT molecular complexity index is 714. The number of hydrogen-bond acceptors (Lipinski definition) is 4. The predicted molar refractivity (Wildman–Crippen MR) is 89.3 cm³/mol. The number of nitrogens with zero attached hydrogens (tertiary/aromatic N) is 4. The third-order valence-corrected chi connectivity index (χ3v) is 5.48. The van der Waals surface area contributed by atoms with Gasteiger partial charge in [-0.2, -0.15) is 10.2 Å². The monoisotopic (exact) mass is 328 g/mol. The lowest BCUT2D eigenvalue weighted by molar-refractivity contribution is -0.133. The van der Waals surface area contributed by atoms with Gasteiger partial charge >= 0.3 is 0 Å². The van der Waals surface area contributed by atoms with E-state index in [0.717, 1.165) is 45.2 Å². The van der Waals surface area contributed by atoms with Crippen LogP contribution in [0.25, 0.3) is 0 Å². The van der Waals surface area contributed by atoms with Gasteiger partial charge in [0.2, 0.25) is 5.91 Å². The van der Waals surface area contributed by atoms with Gasteiger partial charge in [0.25, 0.3) is 0 Å². The molecule has 1 aliphatic heterocycles. The normalized spacial score (nSPS) is 22.8. The summed E-state index contributed by atoms with van der Waals surface area (Å²) in [6.07, 6.45) is 10.2. The van der Waals surface area contributed by atoms with Gasteiger partial charge in [-0.15, -0.1) is 0 Å². The van der Waals surface area contributed by atoms with Crippen LogP contribution in [0.3, 0.4) is 0 Å². The van der Waals surface area contributed by atoms with E-state index >= 15 is 0 Å². The van der Waals surface area contributed by atoms with Crippen molar-refractivity contribution in [1.82, 2.24) is 30.2 Å². The highest BCUT2D eigenvalue weighted by molar-refractivity contribution is 5.85. The number of carbonyl (C=O) groups excluding carboxylic acids is 1. The molecule has 0 radical (unpaired) electrons. The van der Waals surface area contributed by atoms with Crippen LogP contribution in [0.4, 0.5) is 0 Å². The molecule has 2 aromatic heterocycles. The smallest absolute Gasteiger partial charge is 0.248 e. The first kappa shape index (κ1) is 15.4. The van der Waals surface area contributed by atoms with Crippen molar-refractivity contribution in [2.24, 2.45) is 7.05 Å². The highest BCUT2D eigenvalue weighted by Crippen LogP contribution is 2.32. The van der Waals surface area contributed by atoms with Crippen LogP contribution < -0.4 is 10.6 Å². The topological polar surface area (TPSA) is 76.8 Å². The molecule has 4 rings (SSSR count). The molecule has 1 amide bonds. The second-order valence-corrected chi connectivity index (χ2v) is 6.82. The van der Waals surface area contributed by atoms with Gasteiger partial charge < -0.3 is 10.6 Å². The third kappa shape index (κ3) is 2.43. The molecular weight excluding hydrogens is 304 g/mol. The predicted octanol–water partition coefficient (Wildman–Crippen LogP) is 0.889. The largest absolute Gasteiger partial charge is 0.347 e. The first-order valence-electron chi connectivity index (χ1n) is 8.73. The lowest BCUT2D eigenvalue weighted by atomic mass is 9.86. The van der Waals surface area contributed by atoms with E-state index in [1.54, 1.807) is 6.20 Å². The van der Waals surface area contributed by atoms with E-state index in [1.165, 1.54) is 11.3 Å². The molecule has 2 N–H and O–H groups in total.